The van der Waals surface area contributed by atoms with Crippen molar-refractivity contribution >= 4 is 17.1 Å². The highest BCUT2D eigenvalue weighted by molar-refractivity contribution is 7.13. The maximum atomic E-state index is 4.42. The molecule has 0 unspecified atom stereocenters. The van der Waals surface area contributed by atoms with Crippen LogP contribution in [0.4, 0.5) is 0 Å². The van der Waals surface area contributed by atoms with E-state index in [0.717, 1.165) is 11.5 Å². The largest absolute Gasteiger partial charge is 0.290 e. The number of imidazole rings is 1. The Morgan fingerprint density at radius 2 is 2.29 bits per heavy atom. The summed E-state index contributed by atoms with van der Waals surface area (Å²) in [5, 5.41) is 2.05. The van der Waals surface area contributed by atoms with E-state index in [2.05, 4.69) is 16.0 Å². The van der Waals surface area contributed by atoms with Crippen molar-refractivity contribution in [2.24, 2.45) is 0 Å². The molecule has 0 amide bonds. The Morgan fingerprint density at radius 3 is 3.07 bits per heavy atom. The van der Waals surface area contributed by atoms with E-state index in [1.807, 2.05) is 34.3 Å². The Balaban J connectivity index is 2.24. The summed E-state index contributed by atoms with van der Waals surface area (Å²) in [6.45, 7) is 0. The standard InChI is InChI=1S/C10H7N3S/c1-3-9(14-6-1)8-7-13-5-2-4-11-10(13)12-8/h1-7H. The molecule has 14 heavy (non-hydrogen) atoms. The van der Waals surface area contributed by atoms with Crippen molar-refractivity contribution in [3.05, 3.63) is 42.2 Å². The van der Waals surface area contributed by atoms with Crippen LogP contribution in [0, 0.1) is 0 Å². The molecule has 0 spiro atoms. The quantitative estimate of drug-likeness (QED) is 0.605. The summed E-state index contributed by atoms with van der Waals surface area (Å²) in [6.07, 6.45) is 5.70. The Kier molecular flexibility index (Phi) is 1.61. The van der Waals surface area contributed by atoms with E-state index < -0.39 is 0 Å². The molecule has 3 heterocycles. The van der Waals surface area contributed by atoms with Crippen molar-refractivity contribution < 1.29 is 0 Å². The van der Waals surface area contributed by atoms with Gasteiger partial charge in [0.05, 0.1) is 4.88 Å². The number of hydrogen-bond acceptors (Lipinski definition) is 3. The number of aromatic nitrogens is 3. The van der Waals surface area contributed by atoms with Crippen LogP contribution in [-0.4, -0.2) is 14.4 Å². The van der Waals surface area contributed by atoms with E-state index in [-0.39, 0.29) is 0 Å². The maximum Gasteiger partial charge on any atom is 0.234 e. The summed E-state index contributed by atoms with van der Waals surface area (Å²) in [7, 11) is 0. The summed E-state index contributed by atoms with van der Waals surface area (Å²) in [5.41, 5.74) is 0.985. The zero-order valence-corrected chi connectivity index (χ0v) is 8.11. The van der Waals surface area contributed by atoms with Gasteiger partial charge in [0.2, 0.25) is 5.78 Å². The number of nitrogens with zero attached hydrogens (tertiary/aromatic N) is 3. The van der Waals surface area contributed by atoms with E-state index in [4.69, 9.17) is 0 Å². The van der Waals surface area contributed by atoms with Crippen LogP contribution in [0.1, 0.15) is 0 Å². The van der Waals surface area contributed by atoms with Crippen molar-refractivity contribution in [2.45, 2.75) is 0 Å². The Labute approximate surface area is 84.7 Å². The lowest BCUT2D eigenvalue weighted by molar-refractivity contribution is 1.11. The van der Waals surface area contributed by atoms with Gasteiger partial charge < -0.3 is 0 Å². The smallest absolute Gasteiger partial charge is 0.234 e. The average Bonchev–Trinajstić information content (AvgIpc) is 2.86. The molecular formula is C10H7N3S. The van der Waals surface area contributed by atoms with Gasteiger partial charge in [-0.15, -0.1) is 11.3 Å². The normalized spacial score (nSPS) is 10.9. The minimum atomic E-state index is 0.746. The third kappa shape index (κ3) is 1.12. The molecule has 0 aliphatic carbocycles. The number of rotatable bonds is 1. The molecule has 0 bridgehead atoms. The van der Waals surface area contributed by atoms with Gasteiger partial charge in [-0.05, 0) is 17.5 Å². The second-order valence-corrected chi connectivity index (χ2v) is 3.88. The fourth-order valence-corrected chi connectivity index (χ4v) is 2.05. The predicted octanol–water partition coefficient (Wildman–Crippen LogP) is 2.46. The van der Waals surface area contributed by atoms with E-state index in [1.165, 1.54) is 4.88 Å². The second-order valence-electron chi connectivity index (χ2n) is 2.93. The summed E-state index contributed by atoms with van der Waals surface area (Å²) in [5.74, 6) is 0.746. The lowest BCUT2D eigenvalue weighted by atomic mass is 10.4. The molecule has 0 aromatic carbocycles. The Morgan fingerprint density at radius 1 is 1.29 bits per heavy atom. The van der Waals surface area contributed by atoms with Crippen LogP contribution in [0.15, 0.2) is 42.2 Å². The third-order valence-corrected chi connectivity index (χ3v) is 2.90. The Hall–Kier alpha value is -1.68. The third-order valence-electron chi connectivity index (χ3n) is 2.01. The predicted molar refractivity (Wildman–Crippen MR) is 56.3 cm³/mol. The van der Waals surface area contributed by atoms with Crippen LogP contribution in [0.5, 0.6) is 0 Å². The minimum absolute atomic E-state index is 0.746. The lowest BCUT2D eigenvalue weighted by Gasteiger charge is -1.85. The van der Waals surface area contributed by atoms with Crippen molar-refractivity contribution in [1.29, 1.82) is 0 Å². The summed E-state index contributed by atoms with van der Waals surface area (Å²) < 4.78 is 1.93. The van der Waals surface area contributed by atoms with Crippen molar-refractivity contribution in [3.8, 4) is 10.6 Å². The molecule has 0 fully saturated rings. The first-order valence-corrected chi connectivity index (χ1v) is 5.15. The molecule has 0 atom stereocenters. The van der Waals surface area contributed by atoms with Crippen LogP contribution in [0.2, 0.25) is 0 Å². The Bertz CT molecular complexity index is 521. The fraction of sp³-hybridized carbons (Fsp3) is 0. The monoisotopic (exact) mass is 201 g/mol. The van der Waals surface area contributed by atoms with Gasteiger partial charge in [-0.2, -0.15) is 0 Å². The SMILES string of the molecule is c1csc(-c2cn3cccnc3n2)c1. The van der Waals surface area contributed by atoms with Crippen molar-refractivity contribution in [3.63, 3.8) is 0 Å². The molecular weight excluding hydrogens is 194 g/mol. The van der Waals surface area contributed by atoms with Gasteiger partial charge in [-0.1, -0.05) is 6.07 Å². The minimum Gasteiger partial charge on any atom is -0.290 e. The summed E-state index contributed by atoms with van der Waals surface area (Å²) >= 11 is 1.69. The number of hydrogen-bond donors (Lipinski definition) is 0. The lowest BCUT2D eigenvalue weighted by Crippen LogP contribution is -1.82. The molecule has 68 valence electrons. The van der Waals surface area contributed by atoms with Gasteiger partial charge in [0.1, 0.15) is 5.69 Å². The average molecular weight is 201 g/mol. The molecule has 0 saturated carbocycles. The highest BCUT2D eigenvalue weighted by atomic mass is 32.1. The zero-order valence-electron chi connectivity index (χ0n) is 7.29. The van der Waals surface area contributed by atoms with Crippen LogP contribution in [0.25, 0.3) is 16.3 Å². The number of fused-ring (bicyclic) bond motifs is 1. The van der Waals surface area contributed by atoms with Gasteiger partial charge in [0.25, 0.3) is 0 Å². The first-order chi connectivity index (χ1) is 6.93. The number of thiophene rings is 1. The van der Waals surface area contributed by atoms with E-state index in [9.17, 15) is 0 Å². The highest BCUT2D eigenvalue weighted by Gasteiger charge is 2.04. The molecule has 0 saturated heterocycles. The van der Waals surface area contributed by atoms with Crippen LogP contribution in [0.3, 0.4) is 0 Å². The van der Waals surface area contributed by atoms with Gasteiger partial charge in [0.15, 0.2) is 0 Å². The molecule has 3 nitrogen and oxygen atoms in total. The molecule has 0 radical (unpaired) electrons. The van der Waals surface area contributed by atoms with Gasteiger partial charge >= 0.3 is 0 Å². The van der Waals surface area contributed by atoms with Crippen molar-refractivity contribution in [2.75, 3.05) is 0 Å². The molecule has 0 N–H and O–H groups in total. The van der Waals surface area contributed by atoms with E-state index in [1.54, 1.807) is 17.5 Å². The zero-order chi connectivity index (χ0) is 9.38. The topological polar surface area (TPSA) is 30.2 Å². The van der Waals surface area contributed by atoms with Crippen LogP contribution >= 0.6 is 11.3 Å². The van der Waals surface area contributed by atoms with Crippen LogP contribution < -0.4 is 0 Å². The molecule has 0 aliphatic rings. The molecule has 0 aliphatic heterocycles. The van der Waals surface area contributed by atoms with Crippen molar-refractivity contribution in [1.82, 2.24) is 14.4 Å². The van der Waals surface area contributed by atoms with E-state index >= 15 is 0 Å². The summed E-state index contributed by atoms with van der Waals surface area (Å²) in [6, 6.07) is 5.98. The van der Waals surface area contributed by atoms with Crippen LogP contribution in [-0.2, 0) is 0 Å². The van der Waals surface area contributed by atoms with Gasteiger partial charge in [-0.3, -0.25) is 4.40 Å². The molecule has 4 heteroatoms. The van der Waals surface area contributed by atoms with Gasteiger partial charge in [-0.25, -0.2) is 9.97 Å². The molecule has 3 rings (SSSR count). The highest BCUT2D eigenvalue weighted by Crippen LogP contribution is 2.23. The molecule has 3 aromatic rings. The summed E-state index contributed by atoms with van der Waals surface area (Å²) in [4.78, 5) is 9.76. The van der Waals surface area contributed by atoms with Gasteiger partial charge in [0, 0.05) is 18.6 Å². The first-order valence-electron chi connectivity index (χ1n) is 4.27. The molecule has 3 aromatic heterocycles. The first kappa shape index (κ1) is 7.70. The maximum absolute atomic E-state index is 4.42. The fourth-order valence-electron chi connectivity index (χ4n) is 1.37. The second kappa shape index (κ2) is 2.92. The van der Waals surface area contributed by atoms with E-state index in [0.29, 0.717) is 0 Å².